The average molecular weight is 603 g/mol. The van der Waals surface area contributed by atoms with Crippen LogP contribution in [0, 0.1) is 5.82 Å². The molecule has 1 aliphatic rings. The highest BCUT2D eigenvalue weighted by Crippen LogP contribution is 2.39. The summed E-state index contributed by atoms with van der Waals surface area (Å²) < 4.78 is 95.0. The van der Waals surface area contributed by atoms with Gasteiger partial charge in [0.15, 0.2) is 5.60 Å². The van der Waals surface area contributed by atoms with Gasteiger partial charge in [0.1, 0.15) is 5.82 Å². The van der Waals surface area contributed by atoms with Crippen LogP contribution in [0.2, 0.25) is 0 Å². The summed E-state index contributed by atoms with van der Waals surface area (Å²) in [5.74, 6) is -0.636. The number of thiol groups is 1. The first-order chi connectivity index (χ1) is 18.2. The molecule has 1 N–H and O–H groups in total. The minimum Gasteiger partial charge on any atom is -0.376 e. The molecule has 3 aromatic rings. The number of piperazine rings is 1. The molecule has 39 heavy (non-hydrogen) atoms. The molecule has 1 fully saturated rings. The van der Waals surface area contributed by atoms with Crippen molar-refractivity contribution in [3.8, 4) is 0 Å². The van der Waals surface area contributed by atoms with Gasteiger partial charge in [-0.3, -0.25) is 4.21 Å². The predicted molar refractivity (Wildman–Crippen MR) is 143 cm³/mol. The number of aliphatic hydroxyl groups is 1. The van der Waals surface area contributed by atoms with Crippen molar-refractivity contribution in [2.24, 2.45) is 0 Å². The topological polar surface area (TPSA) is 77.9 Å². The van der Waals surface area contributed by atoms with Gasteiger partial charge >= 0.3 is 6.18 Å². The highest BCUT2D eigenvalue weighted by molar-refractivity contribution is 7.90. The number of alkyl halides is 3. The van der Waals surface area contributed by atoms with Crippen molar-refractivity contribution >= 4 is 39.1 Å². The Balaban J connectivity index is 1.66. The third kappa shape index (κ3) is 6.17. The van der Waals surface area contributed by atoms with E-state index in [2.05, 4.69) is 12.6 Å². The second-order valence-corrected chi connectivity index (χ2v) is 13.1. The van der Waals surface area contributed by atoms with Crippen LogP contribution in [-0.2, 0) is 26.4 Å². The Morgan fingerprint density at radius 3 is 2.31 bits per heavy atom. The van der Waals surface area contributed by atoms with Crippen LogP contribution in [0.4, 0.5) is 23.2 Å². The molecular weight excluding hydrogens is 576 g/mol. The molecule has 13 heteroatoms. The number of hydrogen-bond donors (Lipinski definition) is 2. The molecule has 0 saturated carbocycles. The Hall–Kier alpha value is -2.45. The summed E-state index contributed by atoms with van der Waals surface area (Å²) in [5.41, 5.74) is -2.95. The first kappa shape index (κ1) is 29.5. The van der Waals surface area contributed by atoms with E-state index in [0.29, 0.717) is 12.6 Å². The van der Waals surface area contributed by atoms with Gasteiger partial charge in [0, 0.05) is 40.9 Å². The average Bonchev–Trinajstić information content (AvgIpc) is 2.88. The van der Waals surface area contributed by atoms with Crippen LogP contribution in [0.25, 0.3) is 0 Å². The lowest BCUT2D eigenvalue weighted by atomic mass is 9.95. The van der Waals surface area contributed by atoms with E-state index in [4.69, 9.17) is 0 Å². The zero-order chi connectivity index (χ0) is 28.6. The largest absolute Gasteiger partial charge is 0.421 e. The van der Waals surface area contributed by atoms with E-state index >= 15 is 0 Å². The number of rotatable bonds is 7. The molecule has 0 radical (unpaired) electrons. The number of nitrogens with zero attached hydrogens (tertiary/aromatic N) is 2. The van der Waals surface area contributed by atoms with E-state index < -0.39 is 44.5 Å². The number of sulfonamides is 1. The molecular formula is C26H26F4N2O4S3. The number of anilines is 1. The van der Waals surface area contributed by atoms with Gasteiger partial charge in [-0.1, -0.05) is 30.3 Å². The Kier molecular flexibility index (Phi) is 8.48. The zero-order valence-corrected chi connectivity index (χ0v) is 23.2. The van der Waals surface area contributed by atoms with Crippen LogP contribution in [0.3, 0.4) is 0 Å². The maximum absolute atomic E-state index is 13.8. The first-order valence-corrected chi connectivity index (χ1v) is 15.0. The lowest BCUT2D eigenvalue weighted by Crippen LogP contribution is -2.56. The maximum Gasteiger partial charge on any atom is 0.421 e. The number of halogens is 4. The minimum atomic E-state index is -4.89. The van der Waals surface area contributed by atoms with Crippen molar-refractivity contribution in [1.82, 2.24) is 4.31 Å². The summed E-state index contributed by atoms with van der Waals surface area (Å²) in [6, 6.07) is 16.0. The fourth-order valence-corrected chi connectivity index (χ4v) is 7.72. The van der Waals surface area contributed by atoms with Crippen LogP contribution in [0.15, 0.2) is 87.5 Å². The quantitative estimate of drug-likeness (QED) is 0.306. The first-order valence-electron chi connectivity index (χ1n) is 11.8. The van der Waals surface area contributed by atoms with E-state index in [0.717, 1.165) is 18.2 Å². The van der Waals surface area contributed by atoms with Crippen molar-refractivity contribution in [2.75, 3.05) is 30.3 Å². The van der Waals surface area contributed by atoms with E-state index in [9.17, 15) is 35.3 Å². The van der Waals surface area contributed by atoms with Crippen molar-refractivity contribution < 1.29 is 35.3 Å². The van der Waals surface area contributed by atoms with Crippen LogP contribution >= 0.6 is 12.6 Å². The molecule has 0 bridgehead atoms. The maximum atomic E-state index is 13.8. The molecule has 0 aromatic heterocycles. The lowest BCUT2D eigenvalue weighted by molar-refractivity contribution is -0.258. The molecule has 1 heterocycles. The number of hydrogen-bond acceptors (Lipinski definition) is 6. The smallest absolute Gasteiger partial charge is 0.376 e. The second-order valence-electron chi connectivity index (χ2n) is 9.26. The summed E-state index contributed by atoms with van der Waals surface area (Å²) in [7, 11) is -5.68. The van der Waals surface area contributed by atoms with Crippen molar-refractivity contribution in [1.29, 1.82) is 0 Å². The summed E-state index contributed by atoms with van der Waals surface area (Å²) >= 11 is 4.27. The van der Waals surface area contributed by atoms with Crippen molar-refractivity contribution in [3.05, 3.63) is 84.2 Å². The molecule has 0 aliphatic carbocycles. The fraction of sp³-hybridized carbons (Fsp3) is 0.308. The monoisotopic (exact) mass is 602 g/mol. The van der Waals surface area contributed by atoms with Gasteiger partial charge < -0.3 is 10.0 Å². The zero-order valence-electron chi connectivity index (χ0n) is 20.7. The Labute approximate surface area is 232 Å². The van der Waals surface area contributed by atoms with Gasteiger partial charge in [-0.05, 0) is 55.0 Å². The van der Waals surface area contributed by atoms with Gasteiger partial charge in [-0.15, -0.1) is 12.6 Å². The summed E-state index contributed by atoms with van der Waals surface area (Å²) in [6.45, 7) is 0.785. The molecule has 1 saturated heterocycles. The molecule has 3 aromatic carbocycles. The SMILES string of the molecule is C[C@@](O)(c1ccc(N2CCN(S(=O)(=O)c3ccccc3S)C[C@@H]2C[S@](=O)c2cccc(F)c2)cc1)C(F)(F)F. The second kappa shape index (κ2) is 11.2. The van der Waals surface area contributed by atoms with E-state index in [1.807, 2.05) is 0 Å². The van der Waals surface area contributed by atoms with Gasteiger partial charge in [0.2, 0.25) is 10.0 Å². The normalized spacial score (nSPS) is 19.5. The van der Waals surface area contributed by atoms with Crippen molar-refractivity contribution in [2.45, 2.75) is 39.4 Å². The molecule has 0 amide bonds. The standard InChI is InChI=1S/C26H26F4N2O4S3/c1-25(33,26(28,29)30)18-9-11-20(12-10-18)32-14-13-31(39(35,36)24-8-3-2-7-23(24)37)16-21(32)17-38(34)22-6-4-5-19(27)15-22/h2-12,15,21,33,37H,13-14,16-17H2,1H3/t21-,25-,38+/m1/s1. The Bertz CT molecular complexity index is 1460. The van der Waals surface area contributed by atoms with Crippen LogP contribution < -0.4 is 4.90 Å². The van der Waals surface area contributed by atoms with Crippen molar-refractivity contribution in [3.63, 3.8) is 0 Å². The summed E-state index contributed by atoms with van der Waals surface area (Å²) in [6.07, 6.45) is -4.89. The lowest BCUT2D eigenvalue weighted by Gasteiger charge is -2.42. The highest BCUT2D eigenvalue weighted by Gasteiger charge is 2.51. The molecule has 210 valence electrons. The van der Waals surface area contributed by atoms with Gasteiger partial charge in [0.25, 0.3) is 0 Å². The van der Waals surface area contributed by atoms with Gasteiger partial charge in [0.05, 0.1) is 21.7 Å². The molecule has 4 rings (SSSR count). The van der Waals surface area contributed by atoms with Gasteiger partial charge in [-0.25, -0.2) is 12.8 Å². The van der Waals surface area contributed by atoms with Crippen LogP contribution in [-0.4, -0.2) is 59.6 Å². The van der Waals surface area contributed by atoms with E-state index in [1.165, 1.54) is 40.7 Å². The van der Waals surface area contributed by atoms with E-state index in [1.54, 1.807) is 23.1 Å². The van der Waals surface area contributed by atoms with Crippen LogP contribution in [0.5, 0.6) is 0 Å². The molecule has 3 atom stereocenters. The molecule has 0 spiro atoms. The summed E-state index contributed by atoms with van der Waals surface area (Å²) in [4.78, 5) is 2.28. The highest BCUT2D eigenvalue weighted by atomic mass is 32.2. The molecule has 0 unspecified atom stereocenters. The summed E-state index contributed by atoms with van der Waals surface area (Å²) in [5, 5.41) is 10.0. The Morgan fingerprint density at radius 1 is 1.03 bits per heavy atom. The van der Waals surface area contributed by atoms with Crippen LogP contribution in [0.1, 0.15) is 12.5 Å². The third-order valence-electron chi connectivity index (χ3n) is 6.64. The minimum absolute atomic E-state index is 0.0190. The third-order valence-corrected chi connectivity index (χ3v) is 10.6. The van der Waals surface area contributed by atoms with Gasteiger partial charge in [-0.2, -0.15) is 17.5 Å². The predicted octanol–water partition coefficient (Wildman–Crippen LogP) is 4.57. The molecule has 6 nitrogen and oxygen atoms in total. The van der Waals surface area contributed by atoms with E-state index in [-0.39, 0.29) is 45.6 Å². The fourth-order valence-electron chi connectivity index (χ4n) is 4.36. The number of benzene rings is 3. The Morgan fingerprint density at radius 2 is 1.69 bits per heavy atom. The molecule has 1 aliphatic heterocycles.